The van der Waals surface area contributed by atoms with Crippen LogP contribution in [0.25, 0.3) is 0 Å². The van der Waals surface area contributed by atoms with E-state index in [4.69, 9.17) is 4.74 Å². The first-order valence-electron chi connectivity index (χ1n) is 7.26. The lowest BCUT2D eigenvalue weighted by Crippen LogP contribution is -2.29. The third-order valence-corrected chi connectivity index (χ3v) is 3.89. The maximum Gasteiger partial charge on any atom is 0.242 e. The summed E-state index contributed by atoms with van der Waals surface area (Å²) in [5.41, 5.74) is 2.79. The SMILES string of the molecule is Cc1nnc(NC[C@@H]2CCCO[C@H]2c2ccn[nH]2)nc1C. The molecule has 0 amide bonds. The van der Waals surface area contributed by atoms with Gasteiger partial charge in [0, 0.05) is 25.3 Å². The predicted octanol–water partition coefficient (Wildman–Crippen LogP) is 1.79. The molecule has 2 aromatic rings. The Hall–Kier alpha value is -2.02. The van der Waals surface area contributed by atoms with Gasteiger partial charge < -0.3 is 10.1 Å². The number of hydrogen-bond donors (Lipinski definition) is 2. The van der Waals surface area contributed by atoms with Crippen molar-refractivity contribution in [3.05, 3.63) is 29.3 Å². The summed E-state index contributed by atoms with van der Waals surface area (Å²) in [6.07, 6.45) is 3.99. The summed E-state index contributed by atoms with van der Waals surface area (Å²) >= 11 is 0. The number of aryl methyl sites for hydroxylation is 2. The minimum atomic E-state index is 0.0493. The van der Waals surface area contributed by atoms with Crippen LogP contribution in [0.1, 0.15) is 36.0 Å². The molecular weight excluding hydrogens is 268 g/mol. The lowest BCUT2D eigenvalue weighted by atomic mass is 9.92. The lowest BCUT2D eigenvalue weighted by Gasteiger charge is -2.31. The van der Waals surface area contributed by atoms with Crippen molar-refractivity contribution in [2.24, 2.45) is 5.92 Å². The molecule has 0 radical (unpaired) electrons. The van der Waals surface area contributed by atoms with E-state index in [0.717, 1.165) is 43.1 Å². The first kappa shape index (κ1) is 13.9. The highest BCUT2D eigenvalue weighted by molar-refractivity contribution is 5.25. The molecule has 0 aromatic carbocycles. The number of nitrogens with one attached hydrogen (secondary N) is 2. The van der Waals surface area contributed by atoms with E-state index in [1.807, 2.05) is 19.9 Å². The second kappa shape index (κ2) is 6.17. The maximum atomic E-state index is 5.90. The number of nitrogens with zero attached hydrogens (tertiary/aromatic N) is 4. The van der Waals surface area contributed by atoms with Crippen LogP contribution in [-0.2, 0) is 4.74 Å². The van der Waals surface area contributed by atoms with Crippen molar-refractivity contribution in [1.82, 2.24) is 25.4 Å². The van der Waals surface area contributed by atoms with E-state index in [9.17, 15) is 0 Å². The van der Waals surface area contributed by atoms with Gasteiger partial charge in [0.1, 0.15) is 6.10 Å². The van der Waals surface area contributed by atoms with Crippen LogP contribution in [-0.4, -0.2) is 38.5 Å². The summed E-state index contributed by atoms with van der Waals surface area (Å²) < 4.78 is 5.90. The summed E-state index contributed by atoms with van der Waals surface area (Å²) in [5.74, 6) is 0.941. The zero-order valence-electron chi connectivity index (χ0n) is 12.3. The molecule has 0 aliphatic carbocycles. The van der Waals surface area contributed by atoms with Crippen LogP contribution in [0.2, 0.25) is 0 Å². The largest absolute Gasteiger partial charge is 0.372 e. The van der Waals surface area contributed by atoms with Gasteiger partial charge in [-0.2, -0.15) is 10.2 Å². The number of aromatic amines is 1. The highest BCUT2D eigenvalue weighted by Crippen LogP contribution is 2.32. The summed E-state index contributed by atoms with van der Waals surface area (Å²) in [4.78, 5) is 4.40. The van der Waals surface area contributed by atoms with Crippen LogP contribution in [0.5, 0.6) is 0 Å². The van der Waals surface area contributed by atoms with Gasteiger partial charge in [-0.3, -0.25) is 5.10 Å². The van der Waals surface area contributed by atoms with Gasteiger partial charge >= 0.3 is 0 Å². The molecule has 3 heterocycles. The van der Waals surface area contributed by atoms with Crippen molar-refractivity contribution in [3.63, 3.8) is 0 Å². The topological polar surface area (TPSA) is 88.6 Å². The zero-order chi connectivity index (χ0) is 14.7. The van der Waals surface area contributed by atoms with Gasteiger partial charge in [0.15, 0.2) is 0 Å². The second-order valence-corrected chi connectivity index (χ2v) is 5.39. The third kappa shape index (κ3) is 3.18. The lowest BCUT2D eigenvalue weighted by molar-refractivity contribution is -0.0264. The quantitative estimate of drug-likeness (QED) is 0.891. The van der Waals surface area contributed by atoms with Gasteiger partial charge in [-0.1, -0.05) is 0 Å². The summed E-state index contributed by atoms with van der Waals surface area (Å²) in [6, 6.07) is 1.97. The molecule has 3 rings (SSSR count). The van der Waals surface area contributed by atoms with Crippen molar-refractivity contribution >= 4 is 5.95 Å². The van der Waals surface area contributed by atoms with Gasteiger partial charge in [0.25, 0.3) is 0 Å². The molecule has 2 aromatic heterocycles. The average Bonchev–Trinajstić information content (AvgIpc) is 3.03. The minimum Gasteiger partial charge on any atom is -0.372 e. The zero-order valence-corrected chi connectivity index (χ0v) is 12.3. The molecular formula is C14H20N6O. The molecule has 0 saturated carbocycles. The maximum absolute atomic E-state index is 5.90. The first-order chi connectivity index (χ1) is 10.2. The molecule has 1 aliphatic heterocycles. The Morgan fingerprint density at radius 2 is 2.24 bits per heavy atom. The number of H-pyrrole nitrogens is 1. The number of rotatable bonds is 4. The van der Waals surface area contributed by atoms with Gasteiger partial charge in [-0.05, 0) is 32.8 Å². The Bertz CT molecular complexity index is 585. The molecule has 21 heavy (non-hydrogen) atoms. The van der Waals surface area contributed by atoms with Crippen molar-refractivity contribution in [1.29, 1.82) is 0 Å². The summed E-state index contributed by atoms with van der Waals surface area (Å²) in [7, 11) is 0. The van der Waals surface area contributed by atoms with Crippen LogP contribution in [0, 0.1) is 19.8 Å². The fraction of sp³-hybridized carbons (Fsp3) is 0.571. The molecule has 0 spiro atoms. The Morgan fingerprint density at radius 1 is 1.33 bits per heavy atom. The molecule has 1 fully saturated rings. The normalized spacial score (nSPS) is 22.2. The predicted molar refractivity (Wildman–Crippen MR) is 77.8 cm³/mol. The Morgan fingerprint density at radius 3 is 3.00 bits per heavy atom. The Labute approximate surface area is 123 Å². The van der Waals surface area contributed by atoms with E-state index in [-0.39, 0.29) is 6.10 Å². The van der Waals surface area contributed by atoms with Gasteiger partial charge in [-0.15, -0.1) is 5.10 Å². The number of aromatic nitrogens is 5. The average molecular weight is 288 g/mol. The molecule has 0 unspecified atom stereocenters. The summed E-state index contributed by atoms with van der Waals surface area (Å²) in [5, 5.41) is 18.5. The monoisotopic (exact) mass is 288 g/mol. The summed E-state index contributed by atoms with van der Waals surface area (Å²) in [6.45, 7) is 5.39. The fourth-order valence-corrected chi connectivity index (χ4v) is 2.58. The van der Waals surface area contributed by atoms with E-state index < -0.39 is 0 Å². The van der Waals surface area contributed by atoms with Crippen molar-refractivity contribution in [2.45, 2.75) is 32.8 Å². The number of ether oxygens (including phenoxy) is 1. The molecule has 7 nitrogen and oxygen atoms in total. The number of hydrogen-bond acceptors (Lipinski definition) is 6. The van der Waals surface area contributed by atoms with Crippen LogP contribution in [0.4, 0.5) is 5.95 Å². The van der Waals surface area contributed by atoms with Crippen molar-refractivity contribution in [2.75, 3.05) is 18.5 Å². The molecule has 7 heteroatoms. The van der Waals surface area contributed by atoms with Crippen LogP contribution >= 0.6 is 0 Å². The van der Waals surface area contributed by atoms with Crippen LogP contribution < -0.4 is 5.32 Å². The van der Waals surface area contributed by atoms with E-state index in [0.29, 0.717) is 11.9 Å². The van der Waals surface area contributed by atoms with Crippen molar-refractivity contribution in [3.8, 4) is 0 Å². The molecule has 0 bridgehead atoms. The smallest absolute Gasteiger partial charge is 0.242 e. The van der Waals surface area contributed by atoms with E-state index in [1.54, 1.807) is 6.20 Å². The highest BCUT2D eigenvalue weighted by atomic mass is 16.5. The van der Waals surface area contributed by atoms with Gasteiger partial charge in [-0.25, -0.2) is 4.98 Å². The standard InChI is InChI=1S/C14H20N6O/c1-9-10(2)18-20-14(17-9)15-8-11-4-3-7-21-13(11)12-5-6-16-19-12/h5-6,11,13H,3-4,7-8H2,1-2H3,(H,16,19)(H,15,17,20)/t11-,13+/m0/s1. The molecule has 112 valence electrons. The minimum absolute atomic E-state index is 0.0493. The number of anilines is 1. The fourth-order valence-electron chi connectivity index (χ4n) is 2.58. The highest BCUT2D eigenvalue weighted by Gasteiger charge is 2.28. The molecule has 1 aliphatic rings. The van der Waals surface area contributed by atoms with Crippen LogP contribution in [0.3, 0.4) is 0 Å². The van der Waals surface area contributed by atoms with Crippen LogP contribution in [0.15, 0.2) is 12.3 Å². The van der Waals surface area contributed by atoms with Gasteiger partial charge in [0.2, 0.25) is 5.95 Å². The van der Waals surface area contributed by atoms with E-state index in [2.05, 4.69) is 30.7 Å². The van der Waals surface area contributed by atoms with Gasteiger partial charge in [0.05, 0.1) is 17.1 Å². The molecule has 2 atom stereocenters. The Kier molecular flexibility index (Phi) is 4.10. The first-order valence-corrected chi connectivity index (χ1v) is 7.26. The molecule has 2 N–H and O–H groups in total. The van der Waals surface area contributed by atoms with Crippen molar-refractivity contribution < 1.29 is 4.74 Å². The third-order valence-electron chi connectivity index (χ3n) is 3.89. The Balaban J connectivity index is 1.66. The van der Waals surface area contributed by atoms with E-state index in [1.165, 1.54) is 0 Å². The second-order valence-electron chi connectivity index (χ2n) is 5.39. The van der Waals surface area contributed by atoms with E-state index >= 15 is 0 Å². The molecule has 1 saturated heterocycles.